The lowest BCUT2D eigenvalue weighted by Gasteiger charge is -2.35. The van der Waals surface area contributed by atoms with E-state index in [0.29, 0.717) is 63.1 Å². The molecule has 5 rings (SSSR count). The number of aromatic amines is 1. The molecule has 2 fully saturated rings. The summed E-state index contributed by atoms with van der Waals surface area (Å²) in [6.07, 6.45) is 4.03. The van der Waals surface area contributed by atoms with E-state index >= 15 is 0 Å². The van der Waals surface area contributed by atoms with Crippen molar-refractivity contribution >= 4 is 34.4 Å². The van der Waals surface area contributed by atoms with Gasteiger partial charge < -0.3 is 30.4 Å². The van der Waals surface area contributed by atoms with Crippen LogP contribution in [0.25, 0.3) is 10.9 Å². The Morgan fingerprint density at radius 2 is 1.81 bits per heavy atom. The van der Waals surface area contributed by atoms with Crippen LogP contribution in [0.5, 0.6) is 0 Å². The van der Waals surface area contributed by atoms with E-state index in [0.717, 1.165) is 16.5 Å². The summed E-state index contributed by atoms with van der Waals surface area (Å²) < 4.78 is 23.4. The summed E-state index contributed by atoms with van der Waals surface area (Å²) in [6, 6.07) is 15.8. The molecule has 1 aliphatic carbocycles. The van der Waals surface area contributed by atoms with Gasteiger partial charge in [0.15, 0.2) is 0 Å². The Hall–Kier alpha value is -3.76. The molecule has 2 amide bonds. The number of hydrogen-bond donors (Lipinski definition) is 3. The van der Waals surface area contributed by atoms with Crippen molar-refractivity contribution in [1.29, 1.82) is 0 Å². The van der Waals surface area contributed by atoms with Crippen molar-refractivity contribution in [1.82, 2.24) is 9.88 Å². The monoisotopic (exact) mass is 592 g/mol. The molecule has 2 aliphatic rings. The number of carbonyl (C=O) groups excluding carboxylic acids is 3. The maximum absolute atomic E-state index is 13.9. The minimum Gasteiger partial charge on any atom is -0.461 e. The number of aromatic nitrogens is 1. The number of carbonyl (C=O) groups is 3. The molecule has 2 heterocycles. The second-order valence-electron chi connectivity index (χ2n) is 11.7. The van der Waals surface area contributed by atoms with E-state index in [1.807, 2.05) is 30.3 Å². The number of halogens is 1. The minimum absolute atomic E-state index is 0.0133. The quantitative estimate of drug-likeness (QED) is 0.217. The number of alkyl halides is 1. The van der Waals surface area contributed by atoms with Gasteiger partial charge in [-0.15, -0.1) is 0 Å². The van der Waals surface area contributed by atoms with Crippen molar-refractivity contribution in [3.8, 4) is 0 Å². The number of hydrogen-bond acceptors (Lipinski definition) is 6. The Morgan fingerprint density at radius 1 is 1.05 bits per heavy atom. The largest absolute Gasteiger partial charge is 0.461 e. The molecule has 0 bridgehead atoms. The van der Waals surface area contributed by atoms with Crippen LogP contribution in [-0.4, -0.2) is 73.3 Å². The molecule has 1 saturated carbocycles. The number of anilines is 1. The molecule has 10 heteroatoms. The number of rotatable bonds is 11. The summed E-state index contributed by atoms with van der Waals surface area (Å²) in [4.78, 5) is 45.1. The average Bonchev–Trinajstić information content (AvgIpc) is 3.68. The van der Waals surface area contributed by atoms with E-state index < -0.39 is 24.7 Å². The molecule has 0 radical (unpaired) electrons. The van der Waals surface area contributed by atoms with Crippen molar-refractivity contribution in [2.45, 2.75) is 56.5 Å². The van der Waals surface area contributed by atoms with Gasteiger partial charge in [0.05, 0.1) is 6.61 Å². The molecule has 3 atom stereocenters. The third-order valence-electron chi connectivity index (χ3n) is 8.92. The Bertz CT molecular complexity index is 1400. The van der Waals surface area contributed by atoms with Crippen molar-refractivity contribution in [3.05, 3.63) is 65.9 Å². The second kappa shape index (κ2) is 14.1. The first kappa shape index (κ1) is 30.7. The van der Waals surface area contributed by atoms with Gasteiger partial charge in [-0.25, -0.2) is 9.18 Å². The summed E-state index contributed by atoms with van der Waals surface area (Å²) in [5.74, 6) is -0.968. The molecule has 1 aliphatic heterocycles. The molecule has 2 aromatic carbocycles. The molecule has 1 unspecified atom stereocenters. The zero-order chi connectivity index (χ0) is 30.3. The number of esters is 1. The molecule has 9 nitrogen and oxygen atoms in total. The fourth-order valence-electron chi connectivity index (χ4n) is 6.55. The molecule has 4 N–H and O–H groups in total. The predicted molar refractivity (Wildman–Crippen MR) is 162 cm³/mol. The minimum atomic E-state index is -0.666. The lowest BCUT2D eigenvalue weighted by molar-refractivity contribution is -0.141. The van der Waals surface area contributed by atoms with E-state index in [1.165, 1.54) is 0 Å². The molecule has 0 spiro atoms. The number of nitrogens with one attached hydrogen (secondary N) is 2. The number of benzene rings is 2. The van der Waals surface area contributed by atoms with Gasteiger partial charge >= 0.3 is 5.97 Å². The first-order valence-electron chi connectivity index (χ1n) is 15.2. The van der Waals surface area contributed by atoms with Crippen LogP contribution in [-0.2, 0) is 19.1 Å². The van der Waals surface area contributed by atoms with Gasteiger partial charge in [0.1, 0.15) is 18.4 Å². The van der Waals surface area contributed by atoms with Crippen molar-refractivity contribution < 1.29 is 28.2 Å². The third kappa shape index (κ3) is 7.08. The van der Waals surface area contributed by atoms with Crippen LogP contribution < -0.4 is 11.1 Å². The summed E-state index contributed by atoms with van der Waals surface area (Å²) in [7, 11) is 1.60. The fraction of sp³-hybridized carbons (Fsp3) is 0.485. The molecular weight excluding hydrogens is 551 g/mol. The smallest absolute Gasteiger partial charge is 0.354 e. The fourth-order valence-corrected chi connectivity index (χ4v) is 6.55. The summed E-state index contributed by atoms with van der Waals surface area (Å²) >= 11 is 0. The lowest BCUT2D eigenvalue weighted by Crippen LogP contribution is -2.48. The highest BCUT2D eigenvalue weighted by molar-refractivity contribution is 6.01. The highest BCUT2D eigenvalue weighted by Crippen LogP contribution is 2.38. The number of likely N-dealkylation sites (tertiary alicyclic amines) is 1. The van der Waals surface area contributed by atoms with Crippen molar-refractivity contribution in [2.24, 2.45) is 17.6 Å². The van der Waals surface area contributed by atoms with Gasteiger partial charge in [-0.05, 0) is 67.9 Å². The zero-order valence-electron chi connectivity index (χ0n) is 24.6. The standard InChI is InChI=1S/C33H41FN4O5/c1-42-16-5-17-43-33(41)29-19-24-18-25(12-13-28(24)37-29)36-31(39)30-26(21-6-3-2-4-7-21)14-15-38(30)32(40)23-10-8-22(9-11-23)27(35)20-34/h2-4,6-7,12-13,18-19,22-23,26-27,30,37H,5,8-11,14-17,20,35H2,1H3,(H,36,39)/t22?,23?,26-,27?,30-/m0/s1. The highest BCUT2D eigenvalue weighted by Gasteiger charge is 2.44. The first-order valence-corrected chi connectivity index (χ1v) is 15.2. The molecule has 1 saturated heterocycles. The van der Waals surface area contributed by atoms with Crippen LogP contribution in [0.1, 0.15) is 60.5 Å². The number of methoxy groups -OCH3 is 1. The van der Waals surface area contributed by atoms with Crippen LogP contribution >= 0.6 is 0 Å². The topological polar surface area (TPSA) is 127 Å². The van der Waals surface area contributed by atoms with Crippen molar-refractivity contribution in [3.63, 3.8) is 0 Å². The summed E-state index contributed by atoms with van der Waals surface area (Å²) in [5.41, 5.74) is 8.60. The van der Waals surface area contributed by atoms with E-state index in [2.05, 4.69) is 10.3 Å². The molecule has 43 heavy (non-hydrogen) atoms. The third-order valence-corrected chi connectivity index (χ3v) is 8.92. The van der Waals surface area contributed by atoms with E-state index in [4.69, 9.17) is 15.2 Å². The highest BCUT2D eigenvalue weighted by atomic mass is 19.1. The van der Waals surface area contributed by atoms with Crippen LogP contribution in [0.2, 0.25) is 0 Å². The Kier molecular flexibility index (Phi) is 10.1. The number of nitrogens with two attached hydrogens (primary N) is 1. The summed E-state index contributed by atoms with van der Waals surface area (Å²) in [6.45, 7) is 0.710. The van der Waals surface area contributed by atoms with Crippen LogP contribution in [0.3, 0.4) is 0 Å². The second-order valence-corrected chi connectivity index (χ2v) is 11.7. The number of H-pyrrole nitrogens is 1. The Labute approximate surface area is 251 Å². The SMILES string of the molecule is COCCCOC(=O)c1cc2cc(NC(=O)[C@@H]3[C@H](c4ccccc4)CCN3C(=O)C3CCC(C(N)CF)CC3)ccc2[nH]1. The van der Waals surface area contributed by atoms with Crippen LogP contribution in [0, 0.1) is 11.8 Å². The maximum atomic E-state index is 13.9. The Morgan fingerprint density at radius 3 is 2.53 bits per heavy atom. The van der Waals surface area contributed by atoms with Crippen LogP contribution in [0.15, 0.2) is 54.6 Å². The summed E-state index contributed by atoms with van der Waals surface area (Å²) in [5, 5.41) is 3.80. The van der Waals surface area contributed by atoms with E-state index in [1.54, 1.807) is 36.3 Å². The molecule has 230 valence electrons. The predicted octanol–water partition coefficient (Wildman–Crippen LogP) is 4.79. The average molecular weight is 593 g/mol. The first-order chi connectivity index (χ1) is 20.9. The Balaban J connectivity index is 1.31. The van der Waals surface area contributed by atoms with Gasteiger partial charge in [-0.2, -0.15) is 0 Å². The van der Waals surface area contributed by atoms with Gasteiger partial charge in [0.25, 0.3) is 0 Å². The molecule has 3 aromatic rings. The lowest BCUT2D eigenvalue weighted by atomic mass is 9.78. The number of nitrogens with zero attached hydrogens (tertiary/aromatic N) is 1. The van der Waals surface area contributed by atoms with Crippen molar-refractivity contribution in [2.75, 3.05) is 38.9 Å². The maximum Gasteiger partial charge on any atom is 0.354 e. The van der Waals surface area contributed by atoms with Gasteiger partial charge in [0, 0.05) is 61.2 Å². The van der Waals surface area contributed by atoms with Gasteiger partial charge in [-0.3, -0.25) is 9.59 Å². The number of fused-ring (bicyclic) bond motifs is 1. The molecular formula is C33H41FN4O5. The number of amides is 2. The zero-order valence-corrected chi connectivity index (χ0v) is 24.6. The van der Waals surface area contributed by atoms with E-state index in [-0.39, 0.29) is 36.2 Å². The van der Waals surface area contributed by atoms with Gasteiger partial charge in [-0.1, -0.05) is 30.3 Å². The van der Waals surface area contributed by atoms with E-state index in [9.17, 15) is 18.8 Å². The molecule has 1 aromatic heterocycles. The van der Waals surface area contributed by atoms with Crippen LogP contribution in [0.4, 0.5) is 10.1 Å². The van der Waals surface area contributed by atoms with Gasteiger partial charge in [0.2, 0.25) is 11.8 Å². The number of ether oxygens (including phenoxy) is 2. The normalized spacial score (nSPS) is 22.8.